The third-order valence-electron chi connectivity index (χ3n) is 4.82. The van der Waals surface area contributed by atoms with Gasteiger partial charge in [-0.05, 0) is 42.2 Å². The Kier molecular flexibility index (Phi) is 4.20. The molecule has 0 saturated carbocycles. The fourth-order valence-electron chi connectivity index (χ4n) is 3.56. The van der Waals surface area contributed by atoms with E-state index in [2.05, 4.69) is 0 Å². The maximum absolute atomic E-state index is 12.4. The van der Waals surface area contributed by atoms with E-state index in [4.69, 9.17) is 4.98 Å². The molecule has 1 amide bonds. The van der Waals surface area contributed by atoms with Crippen molar-refractivity contribution in [2.75, 3.05) is 11.4 Å². The fourth-order valence-corrected chi connectivity index (χ4v) is 3.56. The lowest BCUT2D eigenvalue weighted by Gasteiger charge is -2.17. The molecule has 0 bridgehead atoms. The van der Waals surface area contributed by atoms with Crippen LogP contribution >= 0.6 is 0 Å². The summed E-state index contributed by atoms with van der Waals surface area (Å²) < 4.78 is 0. The zero-order valence-corrected chi connectivity index (χ0v) is 13.9. The van der Waals surface area contributed by atoms with Crippen molar-refractivity contribution < 1.29 is 9.90 Å². The van der Waals surface area contributed by atoms with Gasteiger partial charge in [0.2, 0.25) is 5.91 Å². The summed E-state index contributed by atoms with van der Waals surface area (Å²) in [6, 6.07) is 19.7. The van der Waals surface area contributed by atoms with Gasteiger partial charge in [-0.1, -0.05) is 36.4 Å². The molecule has 2 aromatic carbocycles. The van der Waals surface area contributed by atoms with Crippen LogP contribution in [0.15, 0.2) is 60.7 Å². The molecule has 0 aliphatic carbocycles. The van der Waals surface area contributed by atoms with Gasteiger partial charge in [0, 0.05) is 29.7 Å². The number of aromatic nitrogens is 1. The van der Waals surface area contributed by atoms with Crippen molar-refractivity contribution in [2.24, 2.45) is 5.92 Å². The first kappa shape index (κ1) is 15.8. The number of pyridine rings is 1. The normalized spacial score (nSPS) is 17.4. The molecule has 1 fully saturated rings. The van der Waals surface area contributed by atoms with E-state index < -0.39 is 0 Å². The second-order valence-electron chi connectivity index (χ2n) is 6.56. The Morgan fingerprint density at radius 3 is 2.64 bits per heavy atom. The Morgan fingerprint density at radius 2 is 1.84 bits per heavy atom. The molecule has 1 aliphatic heterocycles. The van der Waals surface area contributed by atoms with Gasteiger partial charge in [0.15, 0.2) is 0 Å². The molecule has 2 heterocycles. The molecular formula is C21H20N2O2. The van der Waals surface area contributed by atoms with Gasteiger partial charge in [-0.3, -0.25) is 9.78 Å². The monoisotopic (exact) mass is 332 g/mol. The number of carbonyl (C=O) groups excluding carboxylic acids is 1. The number of aliphatic hydroxyl groups excluding tert-OH is 1. The number of carbonyl (C=O) groups is 1. The summed E-state index contributed by atoms with van der Waals surface area (Å²) in [5.41, 5.74) is 3.63. The van der Waals surface area contributed by atoms with Crippen molar-refractivity contribution in [1.82, 2.24) is 4.98 Å². The fraction of sp³-hybridized carbons (Fsp3) is 0.238. The van der Waals surface area contributed by atoms with E-state index in [0.29, 0.717) is 19.4 Å². The van der Waals surface area contributed by atoms with Crippen LogP contribution in [0.5, 0.6) is 0 Å². The smallest absolute Gasteiger partial charge is 0.227 e. The van der Waals surface area contributed by atoms with E-state index in [1.54, 1.807) is 0 Å². The number of benzene rings is 2. The number of nitrogens with zero attached hydrogens (tertiary/aromatic N) is 2. The minimum Gasteiger partial charge on any atom is -0.392 e. The quantitative estimate of drug-likeness (QED) is 0.797. The van der Waals surface area contributed by atoms with Crippen molar-refractivity contribution in [3.05, 3.63) is 71.9 Å². The summed E-state index contributed by atoms with van der Waals surface area (Å²) in [5, 5.41) is 10.7. The SMILES string of the molecule is O=C1C[C@@H](Cc2nc3ccccc3cc2CO)CN1c1ccccc1. The van der Waals surface area contributed by atoms with E-state index in [9.17, 15) is 9.90 Å². The first-order valence-corrected chi connectivity index (χ1v) is 8.58. The van der Waals surface area contributed by atoms with Crippen LogP contribution in [0.1, 0.15) is 17.7 Å². The topological polar surface area (TPSA) is 53.4 Å². The minimum atomic E-state index is -0.0315. The lowest BCUT2D eigenvalue weighted by atomic mass is 9.98. The molecule has 0 unspecified atom stereocenters. The van der Waals surface area contributed by atoms with Crippen LogP contribution in [0.25, 0.3) is 10.9 Å². The average Bonchev–Trinajstić information content (AvgIpc) is 3.02. The number of aliphatic hydroxyl groups is 1. The predicted octanol–water partition coefficient (Wildman–Crippen LogP) is 3.32. The van der Waals surface area contributed by atoms with E-state index in [1.165, 1.54) is 0 Å². The third-order valence-corrected chi connectivity index (χ3v) is 4.82. The summed E-state index contributed by atoms with van der Waals surface area (Å²) in [7, 11) is 0. The van der Waals surface area contributed by atoms with Crippen LogP contribution in [-0.2, 0) is 17.8 Å². The molecule has 0 radical (unpaired) electrons. The number of hydrogen-bond donors (Lipinski definition) is 1. The standard InChI is InChI=1S/C21H20N2O2/c24-14-17-12-16-6-4-5-9-19(16)22-20(17)10-15-11-21(25)23(13-15)18-7-2-1-3-8-18/h1-9,12,15,24H,10-11,13-14H2/t15-/m1/s1. The highest BCUT2D eigenvalue weighted by atomic mass is 16.3. The summed E-state index contributed by atoms with van der Waals surface area (Å²) in [4.78, 5) is 19.0. The Bertz CT molecular complexity index is 908. The third kappa shape index (κ3) is 3.13. The van der Waals surface area contributed by atoms with E-state index >= 15 is 0 Å². The first-order chi connectivity index (χ1) is 12.2. The van der Waals surface area contributed by atoms with Crippen molar-refractivity contribution >= 4 is 22.5 Å². The highest BCUT2D eigenvalue weighted by molar-refractivity contribution is 5.95. The summed E-state index contributed by atoms with van der Waals surface area (Å²) in [6.07, 6.45) is 1.23. The molecule has 3 aromatic rings. The summed E-state index contributed by atoms with van der Waals surface area (Å²) >= 11 is 0. The van der Waals surface area contributed by atoms with E-state index in [-0.39, 0.29) is 18.4 Å². The van der Waals surface area contributed by atoms with Gasteiger partial charge in [-0.15, -0.1) is 0 Å². The van der Waals surface area contributed by atoms with Gasteiger partial charge in [-0.25, -0.2) is 0 Å². The van der Waals surface area contributed by atoms with Gasteiger partial charge in [0.05, 0.1) is 12.1 Å². The lowest BCUT2D eigenvalue weighted by Crippen LogP contribution is -2.24. The van der Waals surface area contributed by atoms with E-state index in [0.717, 1.165) is 27.8 Å². The van der Waals surface area contributed by atoms with Crippen molar-refractivity contribution in [1.29, 1.82) is 0 Å². The lowest BCUT2D eigenvalue weighted by molar-refractivity contribution is -0.117. The maximum Gasteiger partial charge on any atom is 0.227 e. The van der Waals surface area contributed by atoms with Gasteiger partial charge in [0.25, 0.3) is 0 Å². The number of hydrogen-bond acceptors (Lipinski definition) is 3. The van der Waals surface area contributed by atoms with E-state index in [1.807, 2.05) is 65.6 Å². The van der Waals surface area contributed by atoms with Crippen LogP contribution in [0, 0.1) is 5.92 Å². The number of anilines is 1. The number of para-hydroxylation sites is 2. The molecule has 1 N–H and O–H groups in total. The number of amides is 1. The highest BCUT2D eigenvalue weighted by Gasteiger charge is 2.31. The first-order valence-electron chi connectivity index (χ1n) is 8.58. The second-order valence-corrected chi connectivity index (χ2v) is 6.56. The van der Waals surface area contributed by atoms with Crippen molar-refractivity contribution in [2.45, 2.75) is 19.4 Å². The predicted molar refractivity (Wildman–Crippen MR) is 98.3 cm³/mol. The molecule has 4 rings (SSSR count). The Labute approximate surface area is 146 Å². The molecule has 126 valence electrons. The zero-order valence-electron chi connectivity index (χ0n) is 13.9. The van der Waals surface area contributed by atoms with Crippen LogP contribution in [0.4, 0.5) is 5.69 Å². The highest BCUT2D eigenvalue weighted by Crippen LogP contribution is 2.28. The van der Waals surface area contributed by atoms with Crippen molar-refractivity contribution in [3.63, 3.8) is 0 Å². The second kappa shape index (κ2) is 6.65. The molecule has 1 saturated heterocycles. The molecule has 4 heteroatoms. The molecule has 1 aliphatic rings. The van der Waals surface area contributed by atoms with Gasteiger partial charge >= 0.3 is 0 Å². The molecule has 1 atom stereocenters. The van der Waals surface area contributed by atoms with Gasteiger partial charge < -0.3 is 10.0 Å². The molecule has 25 heavy (non-hydrogen) atoms. The number of rotatable bonds is 4. The van der Waals surface area contributed by atoms with Crippen LogP contribution in [0.3, 0.4) is 0 Å². The van der Waals surface area contributed by atoms with Gasteiger partial charge in [-0.2, -0.15) is 0 Å². The number of fused-ring (bicyclic) bond motifs is 1. The molecule has 1 aromatic heterocycles. The summed E-state index contributed by atoms with van der Waals surface area (Å²) in [5.74, 6) is 0.370. The molecule has 0 spiro atoms. The Hall–Kier alpha value is -2.72. The van der Waals surface area contributed by atoms with Gasteiger partial charge in [0.1, 0.15) is 0 Å². The Morgan fingerprint density at radius 1 is 1.08 bits per heavy atom. The van der Waals surface area contributed by atoms with Crippen LogP contribution in [0.2, 0.25) is 0 Å². The van der Waals surface area contributed by atoms with Crippen molar-refractivity contribution in [3.8, 4) is 0 Å². The van der Waals surface area contributed by atoms with Crippen LogP contribution < -0.4 is 4.90 Å². The zero-order chi connectivity index (χ0) is 17.2. The maximum atomic E-state index is 12.4. The minimum absolute atomic E-state index is 0.0315. The largest absolute Gasteiger partial charge is 0.392 e. The Balaban J connectivity index is 1.58. The molecule has 4 nitrogen and oxygen atoms in total. The summed E-state index contributed by atoms with van der Waals surface area (Å²) in [6.45, 7) is 0.665. The molecular weight excluding hydrogens is 312 g/mol. The van der Waals surface area contributed by atoms with Crippen LogP contribution in [-0.4, -0.2) is 22.5 Å². The average molecular weight is 332 g/mol.